The number of rotatable bonds is 5. The average molecular weight is 277 g/mol. The van der Waals surface area contributed by atoms with E-state index >= 15 is 0 Å². The number of halogens is 2. The highest BCUT2D eigenvalue weighted by Gasteiger charge is 2.05. The molecule has 0 spiro atoms. The first-order valence-corrected chi connectivity index (χ1v) is 6.07. The van der Waals surface area contributed by atoms with E-state index in [2.05, 4.69) is 5.32 Å². The van der Waals surface area contributed by atoms with E-state index in [0.29, 0.717) is 5.75 Å². The van der Waals surface area contributed by atoms with Gasteiger partial charge in [-0.2, -0.15) is 0 Å². The molecule has 5 heteroatoms. The summed E-state index contributed by atoms with van der Waals surface area (Å²) in [5, 5.41) is 2.60. The van der Waals surface area contributed by atoms with Crippen LogP contribution in [0.1, 0.15) is 10.4 Å². The van der Waals surface area contributed by atoms with Gasteiger partial charge in [0.25, 0.3) is 5.91 Å². The van der Waals surface area contributed by atoms with Crippen LogP contribution in [0.15, 0.2) is 48.5 Å². The first-order valence-electron chi connectivity index (χ1n) is 6.07. The van der Waals surface area contributed by atoms with E-state index in [4.69, 9.17) is 4.74 Å². The van der Waals surface area contributed by atoms with Gasteiger partial charge < -0.3 is 10.1 Å². The molecule has 0 saturated carbocycles. The van der Waals surface area contributed by atoms with Crippen molar-refractivity contribution in [3.05, 3.63) is 65.7 Å². The molecule has 0 aliphatic heterocycles. The number of benzene rings is 2. The van der Waals surface area contributed by atoms with Gasteiger partial charge in [-0.15, -0.1) is 0 Å². The van der Waals surface area contributed by atoms with Gasteiger partial charge >= 0.3 is 0 Å². The predicted octanol–water partition coefficient (Wildman–Crippen LogP) is 2.77. The molecule has 0 atom stereocenters. The normalized spacial score (nSPS) is 10.1. The minimum atomic E-state index is -0.458. The second-order valence-corrected chi connectivity index (χ2v) is 4.07. The van der Waals surface area contributed by atoms with Gasteiger partial charge in [0.1, 0.15) is 24.0 Å². The Balaban J connectivity index is 1.76. The summed E-state index contributed by atoms with van der Waals surface area (Å²) in [4.78, 5) is 11.7. The average Bonchev–Trinajstić information content (AvgIpc) is 2.45. The minimum Gasteiger partial charge on any atom is -0.492 e. The van der Waals surface area contributed by atoms with Crippen molar-refractivity contribution >= 4 is 5.91 Å². The van der Waals surface area contributed by atoms with Gasteiger partial charge in [0.15, 0.2) is 0 Å². The van der Waals surface area contributed by atoms with Gasteiger partial charge in [-0.25, -0.2) is 8.78 Å². The molecule has 0 aromatic heterocycles. The monoisotopic (exact) mass is 277 g/mol. The molecular weight excluding hydrogens is 264 g/mol. The van der Waals surface area contributed by atoms with Crippen molar-refractivity contribution in [1.82, 2.24) is 5.32 Å². The number of hydrogen-bond acceptors (Lipinski definition) is 2. The van der Waals surface area contributed by atoms with E-state index in [0.717, 1.165) is 6.07 Å². The third kappa shape index (κ3) is 4.05. The molecule has 104 valence electrons. The SMILES string of the molecule is O=C(NCCOc1ccc(F)cc1)c1cccc(F)c1. The number of amides is 1. The van der Waals surface area contributed by atoms with E-state index in [1.54, 1.807) is 0 Å². The topological polar surface area (TPSA) is 38.3 Å². The number of carbonyl (C=O) groups excluding carboxylic acids is 1. The van der Waals surface area contributed by atoms with Crippen LogP contribution in [0.3, 0.4) is 0 Å². The van der Waals surface area contributed by atoms with Gasteiger partial charge in [0.2, 0.25) is 0 Å². The van der Waals surface area contributed by atoms with Crippen molar-refractivity contribution < 1.29 is 18.3 Å². The molecule has 1 amide bonds. The molecule has 2 aromatic rings. The van der Waals surface area contributed by atoms with E-state index in [1.807, 2.05) is 0 Å². The van der Waals surface area contributed by atoms with Crippen LogP contribution in [0.25, 0.3) is 0 Å². The first-order chi connectivity index (χ1) is 9.65. The fourth-order valence-corrected chi connectivity index (χ4v) is 1.60. The van der Waals surface area contributed by atoms with Crippen molar-refractivity contribution in [3.8, 4) is 5.75 Å². The standard InChI is InChI=1S/C15H13F2NO2/c16-12-4-6-14(7-5-12)20-9-8-18-15(19)11-2-1-3-13(17)10-11/h1-7,10H,8-9H2,(H,18,19). The van der Waals surface area contributed by atoms with Crippen LogP contribution in [-0.2, 0) is 0 Å². The van der Waals surface area contributed by atoms with E-state index < -0.39 is 5.82 Å². The third-order valence-corrected chi connectivity index (χ3v) is 2.56. The Morgan fingerprint density at radius 1 is 1.05 bits per heavy atom. The summed E-state index contributed by atoms with van der Waals surface area (Å²) in [7, 11) is 0. The van der Waals surface area contributed by atoms with Crippen LogP contribution in [0.4, 0.5) is 8.78 Å². The molecule has 3 nitrogen and oxygen atoms in total. The number of hydrogen-bond donors (Lipinski definition) is 1. The summed E-state index contributed by atoms with van der Waals surface area (Å²) in [5.41, 5.74) is 0.256. The molecule has 1 N–H and O–H groups in total. The summed E-state index contributed by atoms with van der Waals surface area (Å²) in [5.74, 6) is -0.643. The fraction of sp³-hybridized carbons (Fsp3) is 0.133. The molecule has 0 unspecified atom stereocenters. The van der Waals surface area contributed by atoms with Crippen molar-refractivity contribution in [1.29, 1.82) is 0 Å². The van der Waals surface area contributed by atoms with Crippen molar-refractivity contribution in [3.63, 3.8) is 0 Å². The predicted molar refractivity (Wildman–Crippen MR) is 70.6 cm³/mol. The first kappa shape index (κ1) is 14.0. The van der Waals surface area contributed by atoms with E-state index in [-0.39, 0.29) is 30.4 Å². The van der Waals surface area contributed by atoms with Gasteiger partial charge in [-0.3, -0.25) is 4.79 Å². The van der Waals surface area contributed by atoms with Gasteiger partial charge in [-0.1, -0.05) is 6.07 Å². The number of ether oxygens (including phenoxy) is 1. The maximum absolute atomic E-state index is 12.9. The Bertz CT molecular complexity index is 585. The number of nitrogens with one attached hydrogen (secondary N) is 1. The van der Waals surface area contributed by atoms with Crippen molar-refractivity contribution in [2.75, 3.05) is 13.2 Å². The van der Waals surface area contributed by atoms with E-state index in [1.165, 1.54) is 42.5 Å². The van der Waals surface area contributed by atoms with Gasteiger partial charge in [0, 0.05) is 5.56 Å². The van der Waals surface area contributed by atoms with Gasteiger partial charge in [-0.05, 0) is 42.5 Å². The van der Waals surface area contributed by atoms with Crippen LogP contribution < -0.4 is 10.1 Å². The molecule has 0 aliphatic carbocycles. The zero-order valence-corrected chi connectivity index (χ0v) is 10.6. The molecule has 0 fully saturated rings. The lowest BCUT2D eigenvalue weighted by Gasteiger charge is -2.07. The molecule has 20 heavy (non-hydrogen) atoms. The lowest BCUT2D eigenvalue weighted by Crippen LogP contribution is -2.28. The van der Waals surface area contributed by atoms with Crippen LogP contribution in [0.5, 0.6) is 5.75 Å². The quantitative estimate of drug-likeness (QED) is 0.853. The smallest absolute Gasteiger partial charge is 0.251 e. The molecule has 0 bridgehead atoms. The lowest BCUT2D eigenvalue weighted by molar-refractivity contribution is 0.0946. The molecule has 0 radical (unpaired) electrons. The van der Waals surface area contributed by atoms with Crippen molar-refractivity contribution in [2.24, 2.45) is 0 Å². The van der Waals surface area contributed by atoms with Crippen LogP contribution in [0.2, 0.25) is 0 Å². The maximum atomic E-state index is 12.9. The highest BCUT2D eigenvalue weighted by molar-refractivity contribution is 5.94. The highest BCUT2D eigenvalue weighted by atomic mass is 19.1. The summed E-state index contributed by atoms with van der Waals surface area (Å²) >= 11 is 0. The maximum Gasteiger partial charge on any atom is 0.251 e. The van der Waals surface area contributed by atoms with E-state index in [9.17, 15) is 13.6 Å². The summed E-state index contributed by atoms with van der Waals surface area (Å²) in [6.07, 6.45) is 0. The zero-order chi connectivity index (χ0) is 14.4. The molecular formula is C15H13F2NO2. The fourth-order valence-electron chi connectivity index (χ4n) is 1.60. The molecule has 0 aliphatic rings. The Labute approximate surface area is 115 Å². The second kappa shape index (κ2) is 6.65. The summed E-state index contributed by atoms with van der Waals surface area (Å²) in [6.45, 7) is 0.513. The largest absolute Gasteiger partial charge is 0.492 e. The van der Waals surface area contributed by atoms with Gasteiger partial charge in [0.05, 0.1) is 6.54 Å². The second-order valence-electron chi connectivity index (χ2n) is 4.07. The lowest BCUT2D eigenvalue weighted by atomic mass is 10.2. The molecule has 0 heterocycles. The van der Waals surface area contributed by atoms with Crippen molar-refractivity contribution in [2.45, 2.75) is 0 Å². The Morgan fingerprint density at radius 3 is 2.50 bits per heavy atom. The molecule has 2 aromatic carbocycles. The highest BCUT2D eigenvalue weighted by Crippen LogP contribution is 2.10. The molecule has 0 saturated heterocycles. The Morgan fingerprint density at radius 2 is 1.80 bits per heavy atom. The minimum absolute atomic E-state index is 0.243. The summed E-state index contributed by atoms with van der Waals surface area (Å²) in [6, 6.07) is 11.0. The van der Waals surface area contributed by atoms with Crippen LogP contribution in [0, 0.1) is 11.6 Å². The zero-order valence-electron chi connectivity index (χ0n) is 10.6. The Kier molecular flexibility index (Phi) is 4.65. The summed E-state index contributed by atoms with van der Waals surface area (Å²) < 4.78 is 30.9. The van der Waals surface area contributed by atoms with Crippen LogP contribution >= 0.6 is 0 Å². The van der Waals surface area contributed by atoms with Crippen LogP contribution in [-0.4, -0.2) is 19.1 Å². The number of carbonyl (C=O) groups is 1. The third-order valence-electron chi connectivity index (χ3n) is 2.56. The Hall–Kier alpha value is -2.43. The molecule has 2 rings (SSSR count).